The van der Waals surface area contributed by atoms with Gasteiger partial charge in [-0.25, -0.2) is 0 Å². The molecular formula is C34H48Cl2SiZr-2. The Hall–Kier alpha value is -0.660. The second-order valence-corrected chi connectivity index (χ2v) is 20.1. The number of fused-ring (bicyclic) bond motifs is 2. The molecule has 0 radical (unpaired) electrons. The van der Waals surface area contributed by atoms with Crippen LogP contribution in [-0.2, 0) is 36.2 Å². The number of rotatable bonds is 6. The Morgan fingerprint density at radius 1 is 0.632 bits per heavy atom. The van der Waals surface area contributed by atoms with Crippen molar-refractivity contribution in [2.45, 2.75) is 107 Å². The molecule has 0 amide bonds. The first-order valence-electron chi connectivity index (χ1n) is 13.8. The number of aryl methyl sites for hydroxylation is 8. The molecule has 4 aromatic rings. The van der Waals surface area contributed by atoms with Gasteiger partial charge in [0.1, 0.15) is 0 Å². The molecule has 0 nitrogen and oxygen atoms in total. The molecule has 38 heavy (non-hydrogen) atoms. The van der Waals surface area contributed by atoms with Crippen LogP contribution >= 0.6 is 0 Å². The van der Waals surface area contributed by atoms with Crippen LogP contribution in [0, 0.1) is 41.5 Å². The average molecular weight is 647 g/mol. The molecule has 0 unspecified atom stereocenters. The Morgan fingerprint density at radius 2 is 0.947 bits per heavy atom. The molecule has 0 aromatic heterocycles. The summed E-state index contributed by atoms with van der Waals surface area (Å²) in [6.45, 7) is 22.5. The van der Waals surface area contributed by atoms with E-state index in [1.807, 2.05) is 0 Å². The SMILES string of the molecule is CCCCc1ccc(C)c2[cH-]c(C)c(C)c12.CCCCc1ccc(C)c2[cH-]c(C)c(C)c12.C[Si](C)=[Zr+2].[Cl-].[Cl-]. The normalized spacial score (nSPS) is 10.2. The topological polar surface area (TPSA) is 0 Å². The number of hydrogen-bond acceptors (Lipinski definition) is 0. The van der Waals surface area contributed by atoms with Crippen LogP contribution in [0.3, 0.4) is 0 Å². The molecule has 0 bridgehead atoms. The molecule has 4 rings (SSSR count). The minimum atomic E-state index is 0. The van der Waals surface area contributed by atoms with E-state index in [0.29, 0.717) is 0 Å². The smallest absolute Gasteiger partial charge is 1.00 e. The van der Waals surface area contributed by atoms with E-state index in [1.165, 1.54) is 105 Å². The van der Waals surface area contributed by atoms with E-state index < -0.39 is 0 Å². The summed E-state index contributed by atoms with van der Waals surface area (Å²) < 4.78 is 0. The quantitative estimate of drug-likeness (QED) is 0.215. The van der Waals surface area contributed by atoms with Crippen molar-refractivity contribution in [2.24, 2.45) is 0 Å². The fraction of sp³-hybridized carbons (Fsp3) is 0.471. The van der Waals surface area contributed by atoms with Crippen LogP contribution < -0.4 is 24.8 Å². The van der Waals surface area contributed by atoms with Gasteiger partial charge >= 0.3 is 41.9 Å². The number of halogens is 2. The Bertz CT molecular complexity index is 1210. The zero-order chi connectivity index (χ0) is 27.0. The molecule has 0 atom stereocenters. The van der Waals surface area contributed by atoms with Crippen LogP contribution in [0.5, 0.6) is 0 Å². The molecule has 0 aliphatic rings. The van der Waals surface area contributed by atoms with Crippen molar-refractivity contribution in [1.82, 2.24) is 0 Å². The summed E-state index contributed by atoms with van der Waals surface area (Å²) in [5.74, 6) is 0. The molecule has 0 spiro atoms. The standard InChI is InChI=1S/2C16H21.C2H6Si.2ClH.Zr/c2*1-5-6-7-14-9-8-11(2)15-10-12(3)13(4)16(14)15;1-3-2;;;/h2*8-10H,5-7H2,1-4H3;1-2H3;2*1H;/q2*-1;;;;+2/p-2. The van der Waals surface area contributed by atoms with Crippen LogP contribution in [0.15, 0.2) is 36.4 Å². The van der Waals surface area contributed by atoms with Crippen LogP contribution in [0.25, 0.3) is 21.5 Å². The molecule has 0 N–H and O–H groups in total. The van der Waals surface area contributed by atoms with Gasteiger partial charge < -0.3 is 24.8 Å². The first-order valence-corrected chi connectivity index (χ1v) is 20.0. The Morgan fingerprint density at radius 3 is 1.24 bits per heavy atom. The molecule has 0 aliphatic carbocycles. The fourth-order valence-electron chi connectivity index (χ4n) is 4.99. The molecule has 208 valence electrons. The van der Waals surface area contributed by atoms with Crippen LogP contribution in [0.1, 0.15) is 84.0 Å². The Labute approximate surface area is 261 Å². The summed E-state index contributed by atoms with van der Waals surface area (Å²) in [6.07, 6.45) is 7.57. The second-order valence-electron chi connectivity index (χ2n) is 10.8. The van der Waals surface area contributed by atoms with Crippen molar-refractivity contribution in [3.63, 3.8) is 0 Å². The summed E-state index contributed by atoms with van der Waals surface area (Å²) in [5.41, 5.74) is 11.9. The number of unbranched alkanes of at least 4 members (excludes halogenated alkanes) is 2. The van der Waals surface area contributed by atoms with Crippen molar-refractivity contribution >= 4 is 27.0 Å². The van der Waals surface area contributed by atoms with Crippen LogP contribution in [0.2, 0.25) is 13.1 Å². The zero-order valence-corrected chi connectivity index (χ0v) is 30.4. The van der Waals surface area contributed by atoms with Crippen LogP contribution in [-0.4, -0.2) is 5.43 Å². The maximum absolute atomic E-state index is 2.34. The van der Waals surface area contributed by atoms with Gasteiger partial charge in [0.15, 0.2) is 0 Å². The summed E-state index contributed by atoms with van der Waals surface area (Å²) in [6, 6.07) is 13.9. The first-order chi connectivity index (χ1) is 17.0. The third-order valence-electron chi connectivity index (χ3n) is 7.35. The third kappa shape index (κ3) is 9.76. The molecule has 0 aliphatic heterocycles. The minimum Gasteiger partial charge on any atom is -1.00 e. The Balaban J connectivity index is 0.000000604. The van der Waals surface area contributed by atoms with E-state index in [9.17, 15) is 0 Å². The molecule has 0 saturated carbocycles. The average Bonchev–Trinajstić information content (AvgIpc) is 3.30. The minimum absolute atomic E-state index is 0. The van der Waals surface area contributed by atoms with E-state index in [1.54, 1.807) is 23.3 Å². The third-order valence-corrected chi connectivity index (χ3v) is 7.35. The van der Waals surface area contributed by atoms with Gasteiger partial charge in [0.05, 0.1) is 0 Å². The van der Waals surface area contributed by atoms with E-state index >= 15 is 0 Å². The fourth-order valence-corrected chi connectivity index (χ4v) is 4.99. The maximum Gasteiger partial charge on any atom is -1.00 e. The van der Waals surface area contributed by atoms with E-state index in [0.717, 1.165) is 0 Å². The van der Waals surface area contributed by atoms with E-state index in [-0.39, 0.29) is 30.2 Å². The van der Waals surface area contributed by atoms with Crippen molar-refractivity contribution in [3.05, 3.63) is 80.9 Å². The molecule has 0 heterocycles. The van der Waals surface area contributed by atoms with Crippen molar-refractivity contribution in [1.29, 1.82) is 0 Å². The van der Waals surface area contributed by atoms with Gasteiger partial charge in [-0.15, -0.1) is 68.1 Å². The summed E-state index contributed by atoms with van der Waals surface area (Å²) in [5, 5.41) is 5.96. The number of benzene rings is 2. The van der Waals surface area contributed by atoms with Crippen molar-refractivity contribution in [2.75, 3.05) is 0 Å². The molecule has 4 aromatic carbocycles. The van der Waals surface area contributed by atoms with Gasteiger partial charge in [0, 0.05) is 0 Å². The molecule has 0 fully saturated rings. The molecule has 0 saturated heterocycles. The van der Waals surface area contributed by atoms with E-state index in [2.05, 4.69) is 105 Å². The molecular weight excluding hydrogens is 599 g/mol. The summed E-state index contributed by atoms with van der Waals surface area (Å²) in [4.78, 5) is 0. The summed E-state index contributed by atoms with van der Waals surface area (Å²) >= 11 is 1.74. The molecule has 4 heteroatoms. The van der Waals surface area contributed by atoms with Gasteiger partial charge in [-0.05, 0) is 12.8 Å². The summed E-state index contributed by atoms with van der Waals surface area (Å²) in [7, 11) is 0. The van der Waals surface area contributed by atoms with Crippen molar-refractivity contribution in [3.8, 4) is 0 Å². The van der Waals surface area contributed by atoms with Gasteiger partial charge in [0.25, 0.3) is 0 Å². The Kier molecular flexibility index (Phi) is 17.6. The monoisotopic (exact) mass is 644 g/mol. The van der Waals surface area contributed by atoms with Crippen molar-refractivity contribution < 1.29 is 48.1 Å². The second kappa shape index (κ2) is 17.9. The van der Waals surface area contributed by atoms with E-state index in [4.69, 9.17) is 0 Å². The number of hydrogen-bond donors (Lipinski definition) is 0. The van der Waals surface area contributed by atoms with Gasteiger partial charge in [0.2, 0.25) is 0 Å². The van der Waals surface area contributed by atoms with Gasteiger partial charge in [-0.1, -0.05) is 104 Å². The van der Waals surface area contributed by atoms with Gasteiger partial charge in [-0.2, -0.15) is 11.1 Å². The maximum atomic E-state index is 2.34. The van der Waals surface area contributed by atoms with Gasteiger partial charge in [-0.3, -0.25) is 0 Å². The predicted molar refractivity (Wildman–Crippen MR) is 162 cm³/mol. The van der Waals surface area contributed by atoms with Crippen LogP contribution in [0.4, 0.5) is 0 Å². The largest absolute Gasteiger partial charge is 1.00 e. The predicted octanol–water partition coefficient (Wildman–Crippen LogP) is 4.45. The zero-order valence-electron chi connectivity index (χ0n) is 25.5. The first kappa shape index (κ1) is 37.3.